The molecule has 0 saturated heterocycles. The molecule has 380 valence electrons. The first-order chi connectivity index (χ1) is 32.9. The number of rotatable bonds is 48. The Morgan fingerprint density at radius 2 is 0.701 bits per heavy atom. The van der Waals surface area contributed by atoms with Crippen molar-refractivity contribution in [1.82, 2.24) is 9.97 Å². The van der Waals surface area contributed by atoms with Crippen LogP contribution in [0.3, 0.4) is 0 Å². The number of hydrogen-bond acceptors (Lipinski definition) is 9. The summed E-state index contributed by atoms with van der Waals surface area (Å²) in [6, 6.07) is 10.6. The third kappa shape index (κ3) is 35.7. The van der Waals surface area contributed by atoms with Gasteiger partial charge in [0.1, 0.15) is 47.2 Å². The van der Waals surface area contributed by atoms with Gasteiger partial charge in [-0.15, -0.1) is 0 Å². The molecule has 2 rings (SSSR count). The zero-order valence-corrected chi connectivity index (χ0v) is 43.5. The van der Waals surface area contributed by atoms with E-state index in [1.165, 1.54) is 205 Å². The van der Waals surface area contributed by atoms with Gasteiger partial charge in [-0.1, -0.05) is 232 Å². The summed E-state index contributed by atoms with van der Waals surface area (Å²) in [6.45, 7) is 4.27. The second-order valence-corrected chi connectivity index (χ2v) is 20.6. The average molecular weight is 951 g/mol. The number of nitrogens with zero attached hydrogens (tertiary/aromatic N) is 4. The number of hydrogen-bond donors (Lipinski definition) is 1. The molecule has 0 radical (unpaired) electrons. The van der Waals surface area contributed by atoms with Gasteiger partial charge in [-0.05, 0) is 49.9 Å². The van der Waals surface area contributed by atoms with Crippen LogP contribution in [-0.2, 0) is 13.6 Å². The maximum Gasteiger partial charge on any atom is 0.472 e. The SMILES string of the molecule is CCCCCCCCCCCCCCCCCCCC[C@@H](COP(=O)(O)OC[C@H](CCCCCCCCCCCCCCCCCCCC)Oc1ccc(C#N)nc1)Oc1ccc(C#N)nc1. The van der Waals surface area contributed by atoms with Gasteiger partial charge in [-0.2, -0.15) is 10.5 Å². The molecule has 2 atom stereocenters. The first-order valence-electron chi connectivity index (χ1n) is 27.6. The molecule has 0 amide bonds. The Kier molecular flexibility index (Phi) is 38.6. The average Bonchev–Trinajstić information content (AvgIpc) is 3.34. The van der Waals surface area contributed by atoms with Crippen LogP contribution in [-0.4, -0.2) is 40.3 Å². The fourth-order valence-electron chi connectivity index (χ4n) is 8.71. The molecule has 0 saturated carbocycles. The maximum absolute atomic E-state index is 13.3. The highest BCUT2D eigenvalue weighted by Gasteiger charge is 2.27. The molecule has 0 aromatic carbocycles. The Hall–Kier alpha value is -3.01. The zero-order chi connectivity index (χ0) is 48.1. The molecule has 0 spiro atoms. The fraction of sp³-hybridized carbons (Fsp3) is 0.786. The van der Waals surface area contributed by atoms with E-state index in [0.29, 0.717) is 24.3 Å². The molecule has 0 aliphatic heterocycles. The molecule has 0 unspecified atom stereocenters. The lowest BCUT2D eigenvalue weighted by molar-refractivity contribution is 0.0572. The minimum absolute atomic E-state index is 0.142. The van der Waals surface area contributed by atoms with Crippen LogP contribution in [0.4, 0.5) is 0 Å². The van der Waals surface area contributed by atoms with E-state index in [2.05, 4.69) is 23.8 Å². The molecule has 1 N–H and O–H groups in total. The Morgan fingerprint density at radius 1 is 0.448 bits per heavy atom. The Morgan fingerprint density at radius 3 is 0.925 bits per heavy atom. The molecule has 2 aromatic heterocycles. The molecule has 2 aromatic rings. The van der Waals surface area contributed by atoms with Crippen molar-refractivity contribution in [2.45, 2.75) is 270 Å². The van der Waals surface area contributed by atoms with Crippen LogP contribution in [0.1, 0.15) is 269 Å². The standard InChI is InChI=1S/C56H95N4O6P/c1-3-5-7-9-11-13-15-17-19-21-23-25-27-29-31-33-35-37-39-55(65-53-43-41-51(45-57)59-47-53)49-63-67(61,62)64-50-56(66-54-44-42-52(46-58)60-48-54)40-38-36-34-32-30-28-26-24-22-20-18-16-14-12-10-8-6-4-2/h41-44,47-48,55-56H,3-40,49-50H2,1-2H3,(H,61,62)/t55-,56-/m0/s1. The van der Waals surface area contributed by atoms with Gasteiger partial charge in [0.15, 0.2) is 0 Å². The smallest absolute Gasteiger partial charge is 0.472 e. The first kappa shape index (κ1) is 60.1. The molecular weight excluding hydrogens is 856 g/mol. The highest BCUT2D eigenvalue weighted by Crippen LogP contribution is 2.44. The van der Waals surface area contributed by atoms with Crippen molar-refractivity contribution in [3.63, 3.8) is 0 Å². The summed E-state index contributed by atoms with van der Waals surface area (Å²) in [7, 11) is -4.47. The number of pyridine rings is 2. The van der Waals surface area contributed by atoms with Crippen LogP contribution in [0.25, 0.3) is 0 Å². The summed E-state index contributed by atoms with van der Waals surface area (Å²) in [6.07, 6.45) is 50.0. The van der Waals surface area contributed by atoms with E-state index >= 15 is 0 Å². The van der Waals surface area contributed by atoms with Gasteiger partial charge in [0.25, 0.3) is 0 Å². The Labute approximate surface area is 409 Å². The summed E-state index contributed by atoms with van der Waals surface area (Å²) in [5.41, 5.74) is 0.575. The number of ether oxygens (including phenoxy) is 2. The molecule has 0 aliphatic rings. The van der Waals surface area contributed by atoms with Gasteiger partial charge in [0.05, 0.1) is 25.6 Å². The number of nitriles is 2. The highest BCUT2D eigenvalue weighted by molar-refractivity contribution is 7.47. The maximum atomic E-state index is 13.3. The van der Waals surface area contributed by atoms with Crippen molar-refractivity contribution in [2.75, 3.05) is 13.2 Å². The van der Waals surface area contributed by atoms with Gasteiger partial charge in [-0.3, -0.25) is 9.05 Å². The molecule has 67 heavy (non-hydrogen) atoms. The van der Waals surface area contributed by atoms with E-state index < -0.39 is 20.0 Å². The molecule has 11 heteroatoms. The predicted octanol–water partition coefficient (Wildman–Crippen LogP) is 17.4. The van der Waals surface area contributed by atoms with Gasteiger partial charge in [0.2, 0.25) is 0 Å². The summed E-state index contributed by atoms with van der Waals surface area (Å²) < 4.78 is 36.7. The fourth-order valence-corrected chi connectivity index (χ4v) is 9.49. The van der Waals surface area contributed by atoms with Crippen LogP contribution in [0, 0.1) is 22.7 Å². The van der Waals surface area contributed by atoms with Gasteiger partial charge >= 0.3 is 7.82 Å². The summed E-state index contributed by atoms with van der Waals surface area (Å²) >= 11 is 0. The molecule has 0 fully saturated rings. The number of unbranched alkanes of at least 4 members (excludes halogenated alkanes) is 34. The number of phosphoric ester groups is 1. The van der Waals surface area contributed by atoms with Crippen molar-refractivity contribution in [3.05, 3.63) is 48.0 Å². The van der Waals surface area contributed by atoms with E-state index in [0.717, 1.165) is 38.5 Å². The second kappa shape index (κ2) is 43.0. The molecule has 0 aliphatic carbocycles. The summed E-state index contributed by atoms with van der Waals surface area (Å²) in [4.78, 5) is 19.1. The Balaban J connectivity index is 1.71. The van der Waals surface area contributed by atoms with Crippen LogP contribution in [0.5, 0.6) is 11.5 Å². The monoisotopic (exact) mass is 951 g/mol. The van der Waals surface area contributed by atoms with Gasteiger partial charge in [0, 0.05) is 0 Å². The van der Waals surface area contributed by atoms with E-state index in [-0.39, 0.29) is 24.6 Å². The minimum atomic E-state index is -4.47. The summed E-state index contributed by atoms with van der Waals surface area (Å²) in [5, 5.41) is 18.4. The summed E-state index contributed by atoms with van der Waals surface area (Å²) in [5.74, 6) is 0.940. The third-order valence-electron chi connectivity index (χ3n) is 12.9. The van der Waals surface area contributed by atoms with Crippen molar-refractivity contribution >= 4 is 7.82 Å². The van der Waals surface area contributed by atoms with E-state index in [1.54, 1.807) is 24.3 Å². The molecule has 10 nitrogen and oxygen atoms in total. The number of phosphoric acid groups is 1. The number of aromatic nitrogens is 2. The van der Waals surface area contributed by atoms with Crippen molar-refractivity contribution in [3.8, 4) is 23.6 Å². The quantitative estimate of drug-likeness (QED) is 0.0502. The van der Waals surface area contributed by atoms with Crippen LogP contribution >= 0.6 is 7.82 Å². The van der Waals surface area contributed by atoms with Crippen molar-refractivity contribution < 1.29 is 28.0 Å². The zero-order valence-electron chi connectivity index (χ0n) is 42.6. The molecule has 2 heterocycles. The van der Waals surface area contributed by atoms with Crippen LogP contribution in [0.2, 0.25) is 0 Å². The largest absolute Gasteiger partial charge is 0.486 e. The van der Waals surface area contributed by atoms with Crippen molar-refractivity contribution in [1.29, 1.82) is 10.5 Å². The lowest BCUT2D eigenvalue weighted by Crippen LogP contribution is -2.25. The normalized spacial score (nSPS) is 12.4. The molecular formula is C56H95N4O6P. The van der Waals surface area contributed by atoms with Crippen LogP contribution in [0.15, 0.2) is 36.7 Å². The van der Waals surface area contributed by atoms with Gasteiger partial charge in [-0.25, -0.2) is 14.5 Å². The first-order valence-corrected chi connectivity index (χ1v) is 29.1. The van der Waals surface area contributed by atoms with E-state index in [9.17, 15) is 20.0 Å². The second-order valence-electron chi connectivity index (χ2n) is 19.1. The Bertz CT molecular complexity index is 1440. The van der Waals surface area contributed by atoms with Gasteiger partial charge < -0.3 is 14.4 Å². The topological polar surface area (TPSA) is 148 Å². The minimum Gasteiger partial charge on any atom is -0.486 e. The lowest BCUT2D eigenvalue weighted by Gasteiger charge is -2.23. The lowest BCUT2D eigenvalue weighted by atomic mass is 10.0. The van der Waals surface area contributed by atoms with E-state index in [1.807, 2.05) is 12.1 Å². The van der Waals surface area contributed by atoms with E-state index in [4.69, 9.17) is 18.5 Å². The van der Waals surface area contributed by atoms with Crippen molar-refractivity contribution in [2.24, 2.45) is 0 Å². The highest BCUT2D eigenvalue weighted by atomic mass is 31.2. The van der Waals surface area contributed by atoms with Crippen LogP contribution < -0.4 is 9.47 Å². The molecule has 0 bridgehead atoms. The predicted molar refractivity (Wildman–Crippen MR) is 275 cm³/mol. The third-order valence-corrected chi connectivity index (χ3v) is 13.9.